The summed E-state index contributed by atoms with van der Waals surface area (Å²) in [7, 11) is -4.76. The Balaban J connectivity index is 2.28. The van der Waals surface area contributed by atoms with Crippen LogP contribution in [0.25, 0.3) is 0 Å². The van der Waals surface area contributed by atoms with Gasteiger partial charge in [0.05, 0.1) is 10.8 Å². The number of hydrogen-bond donors (Lipinski definition) is 1. The van der Waals surface area contributed by atoms with Crippen molar-refractivity contribution < 1.29 is 32.1 Å². The van der Waals surface area contributed by atoms with E-state index in [4.69, 9.17) is 4.55 Å². The van der Waals surface area contributed by atoms with E-state index in [0.717, 1.165) is 0 Å². The van der Waals surface area contributed by atoms with E-state index in [9.17, 15) is 27.6 Å². The minimum absolute atomic E-state index is 0.0484. The SMILES string of the molecule is O=C(CI)c1ccc(C(=O)N2C(=O)CC(S(=O)(=O)O)C2=O)cc1. The van der Waals surface area contributed by atoms with E-state index in [1.807, 2.05) is 22.6 Å². The highest BCUT2D eigenvalue weighted by atomic mass is 127. The molecule has 1 aliphatic rings. The number of carbonyl (C=O) groups excluding carboxylic acids is 4. The van der Waals surface area contributed by atoms with Crippen molar-refractivity contribution in [2.75, 3.05) is 4.43 Å². The maximum Gasteiger partial charge on any atom is 0.277 e. The van der Waals surface area contributed by atoms with Gasteiger partial charge >= 0.3 is 0 Å². The Hall–Kier alpha value is -1.66. The van der Waals surface area contributed by atoms with E-state index in [1.165, 1.54) is 24.3 Å². The van der Waals surface area contributed by atoms with Crippen LogP contribution in [-0.4, -0.2) is 51.1 Å². The molecule has 0 bridgehead atoms. The second kappa shape index (κ2) is 6.45. The molecule has 1 unspecified atom stereocenters. The lowest BCUT2D eigenvalue weighted by Gasteiger charge is -2.12. The lowest BCUT2D eigenvalue weighted by molar-refractivity contribution is -0.134. The molecule has 0 aliphatic carbocycles. The average molecular weight is 451 g/mol. The lowest BCUT2D eigenvalue weighted by Crippen LogP contribution is -2.39. The first-order chi connectivity index (χ1) is 10.7. The zero-order valence-electron chi connectivity index (χ0n) is 11.4. The molecule has 8 nitrogen and oxygen atoms in total. The molecular formula is C13H10INO7S. The third-order valence-electron chi connectivity index (χ3n) is 3.24. The fraction of sp³-hybridized carbons (Fsp3) is 0.231. The third kappa shape index (κ3) is 3.48. The fourth-order valence-corrected chi connectivity index (χ4v) is 3.21. The second-order valence-corrected chi connectivity index (χ2v) is 7.08. The molecule has 1 fully saturated rings. The minimum atomic E-state index is -4.76. The van der Waals surface area contributed by atoms with Gasteiger partial charge < -0.3 is 0 Å². The van der Waals surface area contributed by atoms with Crippen molar-refractivity contribution in [2.24, 2.45) is 0 Å². The predicted molar refractivity (Wildman–Crippen MR) is 85.8 cm³/mol. The molecule has 0 radical (unpaired) electrons. The smallest absolute Gasteiger partial charge is 0.277 e. The van der Waals surface area contributed by atoms with Gasteiger partial charge in [-0.3, -0.25) is 23.7 Å². The zero-order chi connectivity index (χ0) is 17.4. The molecule has 1 saturated heterocycles. The monoisotopic (exact) mass is 451 g/mol. The third-order valence-corrected chi connectivity index (χ3v) is 5.02. The Bertz CT molecular complexity index is 800. The number of nitrogens with zero attached hydrogens (tertiary/aromatic N) is 1. The van der Waals surface area contributed by atoms with E-state index >= 15 is 0 Å². The summed E-state index contributed by atoms with van der Waals surface area (Å²) in [5.74, 6) is -3.44. The van der Waals surface area contributed by atoms with Crippen molar-refractivity contribution in [1.82, 2.24) is 4.90 Å². The van der Waals surface area contributed by atoms with Gasteiger partial charge in [-0.05, 0) is 12.1 Å². The van der Waals surface area contributed by atoms with Crippen LogP contribution in [0.15, 0.2) is 24.3 Å². The highest BCUT2D eigenvalue weighted by Crippen LogP contribution is 2.22. The van der Waals surface area contributed by atoms with Crippen LogP contribution in [0.3, 0.4) is 0 Å². The Morgan fingerprint density at radius 2 is 1.70 bits per heavy atom. The Kier molecular flexibility index (Phi) is 4.96. The number of imide groups is 3. The molecule has 1 heterocycles. The molecule has 23 heavy (non-hydrogen) atoms. The van der Waals surface area contributed by atoms with Crippen LogP contribution in [0.1, 0.15) is 27.1 Å². The zero-order valence-corrected chi connectivity index (χ0v) is 14.4. The molecule has 1 N–H and O–H groups in total. The van der Waals surface area contributed by atoms with Crippen molar-refractivity contribution in [1.29, 1.82) is 0 Å². The molecule has 1 aliphatic heterocycles. The molecule has 10 heteroatoms. The summed E-state index contributed by atoms with van der Waals surface area (Å²) >= 11 is 1.89. The first-order valence-electron chi connectivity index (χ1n) is 6.23. The summed E-state index contributed by atoms with van der Waals surface area (Å²) in [6, 6.07) is 5.28. The Morgan fingerprint density at radius 3 is 2.13 bits per heavy atom. The van der Waals surface area contributed by atoms with Gasteiger partial charge in [0, 0.05) is 11.1 Å². The standard InChI is InChI=1S/C13H10INO7S/c14-6-9(16)7-1-3-8(4-2-7)12(18)15-11(17)5-10(13(15)19)23(20,21)22/h1-4,10H,5-6H2,(H,20,21,22). The van der Waals surface area contributed by atoms with Crippen molar-refractivity contribution in [3.63, 3.8) is 0 Å². The number of rotatable bonds is 4. The lowest BCUT2D eigenvalue weighted by atomic mass is 10.1. The van der Waals surface area contributed by atoms with Crippen molar-refractivity contribution in [3.05, 3.63) is 35.4 Å². The van der Waals surface area contributed by atoms with Crippen LogP contribution in [-0.2, 0) is 19.7 Å². The summed E-state index contributed by atoms with van der Waals surface area (Å²) < 4.78 is 31.3. The summed E-state index contributed by atoms with van der Waals surface area (Å²) in [5, 5.41) is -1.96. The van der Waals surface area contributed by atoms with E-state index in [0.29, 0.717) is 5.56 Å². The molecule has 0 saturated carbocycles. The Morgan fingerprint density at radius 1 is 1.17 bits per heavy atom. The van der Waals surface area contributed by atoms with Crippen LogP contribution in [0.5, 0.6) is 0 Å². The van der Waals surface area contributed by atoms with Gasteiger partial charge in [0.2, 0.25) is 5.91 Å². The molecule has 3 amide bonds. The van der Waals surface area contributed by atoms with Crippen molar-refractivity contribution >= 4 is 56.2 Å². The van der Waals surface area contributed by atoms with Crippen LogP contribution < -0.4 is 0 Å². The maximum atomic E-state index is 12.2. The number of benzene rings is 1. The predicted octanol–water partition coefficient (Wildman–Crippen LogP) is 0.460. The molecule has 2 rings (SSSR count). The first-order valence-corrected chi connectivity index (χ1v) is 9.26. The van der Waals surface area contributed by atoms with E-state index in [2.05, 4.69) is 0 Å². The molecule has 1 atom stereocenters. The Labute approximate surface area is 144 Å². The quantitative estimate of drug-likeness (QED) is 0.232. The average Bonchev–Trinajstić information content (AvgIpc) is 2.81. The first kappa shape index (κ1) is 17.7. The number of Topliss-reactive ketones (excluding diaryl/α,β-unsaturated/α-hetero) is 1. The molecular weight excluding hydrogens is 441 g/mol. The summed E-state index contributed by atoms with van der Waals surface area (Å²) in [6.45, 7) is 0. The summed E-state index contributed by atoms with van der Waals surface area (Å²) in [5.41, 5.74) is 0.318. The van der Waals surface area contributed by atoms with Crippen molar-refractivity contribution in [2.45, 2.75) is 11.7 Å². The van der Waals surface area contributed by atoms with Gasteiger partial charge in [-0.2, -0.15) is 8.42 Å². The van der Waals surface area contributed by atoms with Gasteiger partial charge in [0.15, 0.2) is 11.0 Å². The number of ketones is 1. The van der Waals surface area contributed by atoms with E-state index in [-0.39, 0.29) is 20.7 Å². The molecule has 0 aromatic heterocycles. The number of hydrogen-bond acceptors (Lipinski definition) is 6. The number of alkyl halides is 1. The van der Waals surface area contributed by atoms with Gasteiger partial charge in [-0.25, -0.2) is 4.90 Å². The van der Waals surface area contributed by atoms with Crippen molar-refractivity contribution in [3.8, 4) is 0 Å². The van der Waals surface area contributed by atoms with E-state index in [1.54, 1.807) is 0 Å². The minimum Gasteiger partial charge on any atom is -0.293 e. The number of halogens is 1. The van der Waals surface area contributed by atoms with Gasteiger partial charge in [0.1, 0.15) is 0 Å². The number of carbonyl (C=O) groups is 4. The van der Waals surface area contributed by atoms with Crippen LogP contribution in [0.2, 0.25) is 0 Å². The topological polar surface area (TPSA) is 126 Å². The number of likely N-dealkylation sites (tertiary alicyclic amines) is 1. The number of amides is 3. The fourth-order valence-electron chi connectivity index (χ4n) is 2.06. The normalized spacial score (nSPS) is 18.3. The highest BCUT2D eigenvalue weighted by molar-refractivity contribution is 14.1. The molecule has 0 spiro atoms. The van der Waals surface area contributed by atoms with Crippen LogP contribution >= 0.6 is 22.6 Å². The molecule has 1 aromatic carbocycles. The largest absolute Gasteiger partial charge is 0.293 e. The van der Waals surface area contributed by atoms with Gasteiger partial charge in [-0.15, -0.1) is 0 Å². The van der Waals surface area contributed by atoms with Gasteiger partial charge in [-0.1, -0.05) is 34.7 Å². The summed E-state index contributed by atoms with van der Waals surface area (Å²) in [4.78, 5) is 47.5. The van der Waals surface area contributed by atoms with Crippen LogP contribution in [0.4, 0.5) is 0 Å². The second-order valence-electron chi connectivity index (χ2n) is 4.71. The molecule has 1 aromatic rings. The van der Waals surface area contributed by atoms with Gasteiger partial charge in [0.25, 0.3) is 21.9 Å². The van der Waals surface area contributed by atoms with E-state index < -0.39 is 39.5 Å². The van der Waals surface area contributed by atoms with Crippen LogP contribution in [0, 0.1) is 0 Å². The molecule has 122 valence electrons. The maximum absolute atomic E-state index is 12.2. The summed E-state index contributed by atoms with van der Waals surface area (Å²) in [6.07, 6.45) is -0.783. The highest BCUT2D eigenvalue weighted by Gasteiger charge is 2.48.